The number of hydrogen-bond donors (Lipinski definition) is 1. The number of pyridine rings is 1. The third-order valence-electron chi connectivity index (χ3n) is 7.54. The fourth-order valence-corrected chi connectivity index (χ4v) is 5.21. The summed E-state index contributed by atoms with van der Waals surface area (Å²) in [5.41, 5.74) is -0.845. The molecule has 0 saturated carbocycles. The van der Waals surface area contributed by atoms with Crippen LogP contribution in [0.15, 0.2) is 42.6 Å². The Hall–Kier alpha value is -2.85. The van der Waals surface area contributed by atoms with Gasteiger partial charge in [-0.25, -0.2) is 9.78 Å². The van der Waals surface area contributed by atoms with E-state index < -0.39 is 11.7 Å². The SMILES string of the molecule is O=C(Oc1ccc(Oc2ccc(C(F)(F)F)cn2)cc1)N1CCC(CCCC2CCN(CCO)CC2)CC1. The molecule has 0 radical (unpaired) electrons. The van der Waals surface area contributed by atoms with Crippen LogP contribution in [0.4, 0.5) is 18.0 Å². The van der Waals surface area contributed by atoms with Gasteiger partial charge < -0.3 is 24.4 Å². The Balaban J connectivity index is 1.13. The number of piperidine rings is 2. The number of ether oxygens (including phenoxy) is 2. The van der Waals surface area contributed by atoms with Gasteiger partial charge >= 0.3 is 12.3 Å². The van der Waals surface area contributed by atoms with Crippen molar-refractivity contribution in [2.45, 2.75) is 51.1 Å². The molecule has 38 heavy (non-hydrogen) atoms. The van der Waals surface area contributed by atoms with Crippen LogP contribution in [-0.4, -0.2) is 65.3 Å². The highest BCUT2D eigenvalue weighted by atomic mass is 19.4. The van der Waals surface area contributed by atoms with Gasteiger partial charge in [0, 0.05) is 31.9 Å². The predicted molar refractivity (Wildman–Crippen MR) is 136 cm³/mol. The Morgan fingerprint density at radius 3 is 2.08 bits per heavy atom. The molecule has 1 aromatic carbocycles. The van der Waals surface area contributed by atoms with Crippen LogP contribution in [0.5, 0.6) is 17.4 Å². The molecule has 0 aliphatic carbocycles. The maximum Gasteiger partial charge on any atom is 0.417 e. The average Bonchev–Trinajstić information content (AvgIpc) is 2.91. The van der Waals surface area contributed by atoms with Crippen molar-refractivity contribution in [2.24, 2.45) is 11.8 Å². The van der Waals surface area contributed by atoms with Crippen molar-refractivity contribution < 1.29 is 32.5 Å². The van der Waals surface area contributed by atoms with Crippen LogP contribution in [0.2, 0.25) is 0 Å². The number of likely N-dealkylation sites (tertiary alicyclic amines) is 2. The summed E-state index contributed by atoms with van der Waals surface area (Å²) in [6, 6.07) is 8.38. The highest BCUT2D eigenvalue weighted by Crippen LogP contribution is 2.31. The van der Waals surface area contributed by atoms with Crippen LogP contribution in [0.25, 0.3) is 0 Å². The van der Waals surface area contributed by atoms with E-state index in [0.29, 0.717) is 30.5 Å². The lowest BCUT2D eigenvalue weighted by molar-refractivity contribution is -0.137. The average molecular weight is 536 g/mol. The van der Waals surface area contributed by atoms with Gasteiger partial charge in [0.15, 0.2) is 0 Å². The van der Waals surface area contributed by atoms with Crippen LogP contribution >= 0.6 is 0 Å². The first-order chi connectivity index (χ1) is 18.3. The summed E-state index contributed by atoms with van der Waals surface area (Å²) in [6.07, 6.45) is 4.01. The smallest absolute Gasteiger partial charge is 0.417 e. The summed E-state index contributed by atoms with van der Waals surface area (Å²) < 4.78 is 49.0. The largest absolute Gasteiger partial charge is 0.439 e. The summed E-state index contributed by atoms with van der Waals surface area (Å²) in [7, 11) is 0. The summed E-state index contributed by atoms with van der Waals surface area (Å²) in [5.74, 6) is 2.21. The molecule has 4 rings (SSSR count). The monoisotopic (exact) mass is 535 g/mol. The molecule has 1 aromatic heterocycles. The molecule has 10 heteroatoms. The lowest BCUT2D eigenvalue weighted by Gasteiger charge is -2.33. The molecule has 2 saturated heterocycles. The zero-order chi connectivity index (χ0) is 27.0. The fraction of sp³-hybridized carbons (Fsp3) is 0.571. The van der Waals surface area contributed by atoms with Gasteiger partial charge in [-0.3, -0.25) is 0 Å². The molecule has 208 valence electrons. The van der Waals surface area contributed by atoms with Gasteiger partial charge in [-0.1, -0.05) is 19.3 Å². The van der Waals surface area contributed by atoms with Gasteiger partial charge in [0.2, 0.25) is 5.88 Å². The first-order valence-corrected chi connectivity index (χ1v) is 13.4. The Labute approximate surface area is 221 Å². The molecule has 0 spiro atoms. The number of carbonyl (C=O) groups is 1. The van der Waals surface area contributed by atoms with Gasteiger partial charge in [-0.15, -0.1) is 0 Å². The van der Waals surface area contributed by atoms with Crippen LogP contribution in [0, 0.1) is 11.8 Å². The minimum absolute atomic E-state index is 0.0362. The molecule has 1 amide bonds. The fourth-order valence-electron chi connectivity index (χ4n) is 5.21. The number of alkyl halides is 3. The molecule has 2 aliphatic heterocycles. The van der Waals surface area contributed by atoms with E-state index in [4.69, 9.17) is 14.6 Å². The minimum Gasteiger partial charge on any atom is -0.439 e. The van der Waals surface area contributed by atoms with Crippen LogP contribution in [0.1, 0.15) is 50.5 Å². The summed E-state index contributed by atoms with van der Waals surface area (Å²) in [6.45, 7) is 4.59. The third-order valence-corrected chi connectivity index (χ3v) is 7.54. The number of amides is 1. The van der Waals surface area contributed by atoms with Crippen LogP contribution in [0.3, 0.4) is 0 Å². The summed E-state index contributed by atoms with van der Waals surface area (Å²) in [4.78, 5) is 20.4. The Kier molecular flexibility index (Phi) is 9.85. The lowest BCUT2D eigenvalue weighted by Crippen LogP contribution is -2.40. The molecule has 2 aliphatic rings. The van der Waals surface area contributed by atoms with Gasteiger partial charge in [0.25, 0.3) is 0 Å². The second kappa shape index (κ2) is 13.3. The predicted octanol–water partition coefficient (Wildman–Crippen LogP) is 5.98. The molecule has 7 nitrogen and oxygen atoms in total. The first kappa shape index (κ1) is 28.2. The van der Waals surface area contributed by atoms with Crippen LogP contribution in [-0.2, 0) is 6.18 Å². The third kappa shape index (κ3) is 8.33. The van der Waals surface area contributed by atoms with Crippen molar-refractivity contribution in [3.05, 3.63) is 48.2 Å². The van der Waals surface area contributed by atoms with E-state index in [9.17, 15) is 18.0 Å². The Morgan fingerprint density at radius 2 is 1.53 bits per heavy atom. The number of aliphatic hydroxyl groups excluding tert-OH is 1. The number of halogens is 3. The van der Waals surface area contributed by atoms with E-state index in [1.165, 1.54) is 32.1 Å². The second-order valence-corrected chi connectivity index (χ2v) is 10.2. The standard InChI is InChI=1S/C28H36F3N3O4/c29-28(30,31)23-4-9-26(32-20-23)37-24-5-7-25(8-6-24)38-27(36)34-16-12-22(13-17-34)3-1-2-21-10-14-33(15-11-21)18-19-35/h4-9,20-22,35H,1-3,10-19H2. The van der Waals surface area contributed by atoms with Crippen molar-refractivity contribution in [1.82, 2.24) is 14.8 Å². The van der Waals surface area contributed by atoms with E-state index >= 15 is 0 Å². The van der Waals surface area contributed by atoms with Crippen molar-refractivity contribution >= 4 is 6.09 Å². The number of rotatable bonds is 9. The van der Waals surface area contributed by atoms with E-state index in [2.05, 4.69) is 9.88 Å². The van der Waals surface area contributed by atoms with E-state index in [0.717, 1.165) is 56.7 Å². The maximum atomic E-state index is 12.7. The van der Waals surface area contributed by atoms with Crippen molar-refractivity contribution in [1.29, 1.82) is 0 Å². The number of hydrogen-bond acceptors (Lipinski definition) is 6. The quantitative estimate of drug-likeness (QED) is 0.426. The first-order valence-electron chi connectivity index (χ1n) is 13.4. The highest BCUT2D eigenvalue weighted by Gasteiger charge is 2.31. The highest BCUT2D eigenvalue weighted by molar-refractivity contribution is 5.70. The minimum atomic E-state index is -4.45. The van der Waals surface area contributed by atoms with Gasteiger partial charge in [0.05, 0.1) is 12.2 Å². The molecule has 3 heterocycles. The van der Waals surface area contributed by atoms with Gasteiger partial charge in [-0.2, -0.15) is 13.2 Å². The number of aromatic nitrogens is 1. The van der Waals surface area contributed by atoms with Gasteiger partial charge in [-0.05, 0) is 80.9 Å². The van der Waals surface area contributed by atoms with E-state index in [1.54, 1.807) is 29.2 Å². The summed E-state index contributed by atoms with van der Waals surface area (Å²) in [5, 5.41) is 9.07. The topological polar surface area (TPSA) is 75.1 Å². The van der Waals surface area contributed by atoms with E-state index in [-0.39, 0.29) is 18.6 Å². The molecule has 2 fully saturated rings. The molecular formula is C28H36F3N3O4. The number of benzene rings is 1. The van der Waals surface area contributed by atoms with Crippen LogP contribution < -0.4 is 9.47 Å². The van der Waals surface area contributed by atoms with E-state index in [1.807, 2.05) is 0 Å². The zero-order valence-corrected chi connectivity index (χ0v) is 21.5. The molecule has 0 bridgehead atoms. The number of aliphatic hydroxyl groups is 1. The number of nitrogens with zero attached hydrogens (tertiary/aromatic N) is 3. The second-order valence-electron chi connectivity index (χ2n) is 10.2. The number of carbonyl (C=O) groups excluding carboxylic acids is 1. The van der Waals surface area contributed by atoms with Crippen molar-refractivity contribution in [3.63, 3.8) is 0 Å². The molecule has 2 aromatic rings. The lowest BCUT2D eigenvalue weighted by atomic mass is 9.87. The Bertz CT molecular complexity index is 1000. The number of β-amino-alcohol motifs (C(OH)–C–C–N with tert-alkyl or cyclic N) is 1. The van der Waals surface area contributed by atoms with Crippen molar-refractivity contribution in [2.75, 3.05) is 39.3 Å². The van der Waals surface area contributed by atoms with Crippen molar-refractivity contribution in [3.8, 4) is 17.4 Å². The normalized spacial score (nSPS) is 17.9. The zero-order valence-electron chi connectivity index (χ0n) is 21.5. The summed E-state index contributed by atoms with van der Waals surface area (Å²) >= 11 is 0. The molecule has 0 atom stereocenters. The maximum absolute atomic E-state index is 12.7. The Morgan fingerprint density at radius 1 is 0.921 bits per heavy atom. The molecule has 1 N–H and O–H groups in total. The van der Waals surface area contributed by atoms with Gasteiger partial charge in [0.1, 0.15) is 11.5 Å². The molecular weight excluding hydrogens is 499 g/mol. The molecule has 0 unspecified atom stereocenters.